The Kier molecular flexibility index (Phi) is 6.30. The van der Waals surface area contributed by atoms with Gasteiger partial charge >= 0.3 is 0 Å². The second kappa shape index (κ2) is 8.87. The molecule has 27 heavy (non-hydrogen) atoms. The average molecular weight is 380 g/mol. The summed E-state index contributed by atoms with van der Waals surface area (Å²) in [5, 5.41) is 4.91. The fourth-order valence-corrected chi connectivity index (χ4v) is 3.49. The molecule has 0 bridgehead atoms. The number of rotatable bonds is 7. The van der Waals surface area contributed by atoms with E-state index in [-0.39, 0.29) is 5.91 Å². The van der Waals surface area contributed by atoms with Crippen molar-refractivity contribution in [2.75, 3.05) is 5.32 Å². The largest absolute Gasteiger partial charge is 0.489 e. The van der Waals surface area contributed by atoms with Crippen LogP contribution in [0.2, 0.25) is 0 Å². The lowest BCUT2D eigenvalue weighted by Crippen LogP contribution is -2.10. The molecule has 1 N–H and O–H groups in total. The summed E-state index contributed by atoms with van der Waals surface area (Å²) < 4.78 is 5.84. The van der Waals surface area contributed by atoms with E-state index >= 15 is 0 Å². The van der Waals surface area contributed by atoms with Gasteiger partial charge in [-0.05, 0) is 59.2 Å². The van der Waals surface area contributed by atoms with Crippen LogP contribution < -0.4 is 10.1 Å². The molecule has 4 heteroatoms. The summed E-state index contributed by atoms with van der Waals surface area (Å²) in [4.78, 5) is 13.1. The van der Waals surface area contributed by atoms with Crippen molar-refractivity contribution in [3.63, 3.8) is 0 Å². The highest BCUT2D eigenvalue weighted by Crippen LogP contribution is 2.22. The Labute approximate surface area is 165 Å². The summed E-state index contributed by atoms with van der Waals surface area (Å²) in [7, 11) is 0. The number of amides is 1. The zero-order valence-electron chi connectivity index (χ0n) is 16.0. The Hall–Kier alpha value is -2.59. The van der Waals surface area contributed by atoms with Crippen molar-refractivity contribution in [3.05, 3.63) is 81.5 Å². The third kappa shape index (κ3) is 5.20. The van der Waals surface area contributed by atoms with Crippen LogP contribution >= 0.6 is 11.3 Å². The number of hydrogen-bond donors (Lipinski definition) is 1. The molecule has 0 aliphatic rings. The lowest BCUT2D eigenvalue weighted by atomic mass is 10.0. The van der Waals surface area contributed by atoms with Gasteiger partial charge in [0.15, 0.2) is 0 Å². The molecule has 0 aliphatic heterocycles. The molecule has 3 aromatic rings. The molecule has 1 heterocycles. The normalized spacial score (nSPS) is 10.8. The van der Waals surface area contributed by atoms with Crippen molar-refractivity contribution >= 4 is 22.9 Å². The van der Waals surface area contributed by atoms with Crippen LogP contribution in [-0.4, -0.2) is 5.91 Å². The van der Waals surface area contributed by atoms with Crippen LogP contribution in [0.5, 0.6) is 5.75 Å². The molecule has 0 aliphatic carbocycles. The minimum Gasteiger partial charge on any atom is -0.489 e. The summed E-state index contributed by atoms with van der Waals surface area (Å²) in [6, 6.07) is 18.0. The molecule has 0 unspecified atom stereocenters. The Morgan fingerprint density at radius 1 is 1.04 bits per heavy atom. The number of ether oxygens (including phenoxy) is 1. The van der Waals surface area contributed by atoms with Crippen LogP contribution in [0.25, 0.3) is 0 Å². The number of nitrogens with one attached hydrogen (secondary N) is 1. The molecular weight excluding hydrogens is 354 g/mol. The van der Waals surface area contributed by atoms with Gasteiger partial charge in [0, 0.05) is 11.3 Å². The van der Waals surface area contributed by atoms with E-state index in [0.717, 1.165) is 23.4 Å². The van der Waals surface area contributed by atoms with Crippen molar-refractivity contribution in [1.29, 1.82) is 0 Å². The third-order valence-electron chi connectivity index (χ3n) is 4.45. The summed E-state index contributed by atoms with van der Waals surface area (Å²) in [6.07, 6.45) is 0.989. The SMILES string of the molecule is CCc1ccc(NC(=O)c2cc(COc3ccc(C(C)C)cc3)cs2)cc1. The van der Waals surface area contributed by atoms with Crippen molar-refractivity contribution in [3.8, 4) is 5.75 Å². The minimum atomic E-state index is -0.0863. The maximum atomic E-state index is 12.4. The molecule has 0 saturated heterocycles. The number of anilines is 1. The molecule has 0 atom stereocenters. The first-order chi connectivity index (χ1) is 13.0. The fraction of sp³-hybridized carbons (Fsp3) is 0.261. The van der Waals surface area contributed by atoms with Gasteiger partial charge in [0.2, 0.25) is 0 Å². The molecule has 3 rings (SSSR count). The molecule has 0 fully saturated rings. The number of aryl methyl sites for hydroxylation is 1. The highest BCUT2D eigenvalue weighted by Gasteiger charge is 2.10. The first-order valence-electron chi connectivity index (χ1n) is 9.25. The molecule has 1 amide bonds. The predicted octanol–water partition coefficient (Wildman–Crippen LogP) is 6.27. The molecule has 140 valence electrons. The molecule has 2 aromatic carbocycles. The Morgan fingerprint density at radius 2 is 1.74 bits per heavy atom. The van der Waals surface area contributed by atoms with Crippen LogP contribution in [0.15, 0.2) is 60.0 Å². The standard InChI is InChI=1S/C23H25NO2S/c1-4-17-5-9-20(10-6-17)24-23(25)22-13-18(15-27-22)14-26-21-11-7-19(8-12-21)16(2)3/h5-13,15-16H,4,14H2,1-3H3,(H,24,25). The maximum absolute atomic E-state index is 12.4. The number of carbonyl (C=O) groups is 1. The Balaban J connectivity index is 1.56. The van der Waals surface area contributed by atoms with Gasteiger partial charge in [-0.3, -0.25) is 4.79 Å². The number of carbonyl (C=O) groups excluding carboxylic acids is 1. The van der Waals surface area contributed by atoms with Crippen LogP contribution in [0.3, 0.4) is 0 Å². The smallest absolute Gasteiger partial charge is 0.265 e. The minimum absolute atomic E-state index is 0.0863. The van der Waals surface area contributed by atoms with E-state index in [2.05, 4.69) is 38.2 Å². The lowest BCUT2D eigenvalue weighted by molar-refractivity contribution is 0.103. The highest BCUT2D eigenvalue weighted by atomic mass is 32.1. The van der Waals surface area contributed by atoms with Gasteiger partial charge in [0.1, 0.15) is 12.4 Å². The summed E-state index contributed by atoms with van der Waals surface area (Å²) >= 11 is 1.43. The van der Waals surface area contributed by atoms with Crippen LogP contribution in [0.1, 0.15) is 53.1 Å². The van der Waals surface area contributed by atoms with Gasteiger partial charge in [0.05, 0.1) is 4.88 Å². The van der Waals surface area contributed by atoms with Gasteiger partial charge in [-0.1, -0.05) is 45.0 Å². The van der Waals surface area contributed by atoms with E-state index in [4.69, 9.17) is 4.74 Å². The molecular formula is C23H25NO2S. The van der Waals surface area contributed by atoms with Crippen molar-refractivity contribution in [2.45, 2.75) is 39.7 Å². The zero-order valence-corrected chi connectivity index (χ0v) is 16.8. The highest BCUT2D eigenvalue weighted by molar-refractivity contribution is 7.12. The summed E-state index contributed by atoms with van der Waals surface area (Å²) in [5.41, 5.74) is 4.36. The van der Waals surface area contributed by atoms with Crippen molar-refractivity contribution in [2.24, 2.45) is 0 Å². The molecule has 1 aromatic heterocycles. The lowest BCUT2D eigenvalue weighted by Gasteiger charge is -2.08. The van der Waals surface area contributed by atoms with Gasteiger partial charge in [-0.25, -0.2) is 0 Å². The molecule has 3 nitrogen and oxygen atoms in total. The number of hydrogen-bond acceptors (Lipinski definition) is 3. The second-order valence-electron chi connectivity index (χ2n) is 6.84. The van der Waals surface area contributed by atoms with Gasteiger partial charge in [0.25, 0.3) is 5.91 Å². The van der Waals surface area contributed by atoms with E-state index in [1.165, 1.54) is 22.5 Å². The Morgan fingerprint density at radius 3 is 2.37 bits per heavy atom. The van der Waals surface area contributed by atoms with Crippen LogP contribution in [0.4, 0.5) is 5.69 Å². The monoisotopic (exact) mass is 379 g/mol. The molecule has 0 radical (unpaired) electrons. The molecule has 0 spiro atoms. The van der Waals surface area contributed by atoms with Crippen LogP contribution in [0, 0.1) is 0 Å². The number of thiophene rings is 1. The summed E-state index contributed by atoms with van der Waals surface area (Å²) in [6.45, 7) is 6.91. The number of benzene rings is 2. The third-order valence-corrected chi connectivity index (χ3v) is 5.43. The van der Waals surface area contributed by atoms with E-state index in [0.29, 0.717) is 17.4 Å². The van der Waals surface area contributed by atoms with E-state index in [1.54, 1.807) is 0 Å². The van der Waals surface area contributed by atoms with E-state index in [9.17, 15) is 4.79 Å². The maximum Gasteiger partial charge on any atom is 0.265 e. The summed E-state index contributed by atoms with van der Waals surface area (Å²) in [5.74, 6) is 1.26. The second-order valence-corrected chi connectivity index (χ2v) is 7.75. The van der Waals surface area contributed by atoms with Gasteiger partial charge in [-0.15, -0.1) is 11.3 Å². The fourth-order valence-electron chi connectivity index (χ4n) is 2.70. The van der Waals surface area contributed by atoms with Crippen LogP contribution in [-0.2, 0) is 13.0 Å². The van der Waals surface area contributed by atoms with E-state index < -0.39 is 0 Å². The van der Waals surface area contributed by atoms with Crippen molar-refractivity contribution < 1.29 is 9.53 Å². The molecule has 0 saturated carbocycles. The van der Waals surface area contributed by atoms with Gasteiger partial charge < -0.3 is 10.1 Å². The quantitative estimate of drug-likeness (QED) is 0.526. The first kappa shape index (κ1) is 19.2. The van der Waals surface area contributed by atoms with Gasteiger partial charge in [-0.2, -0.15) is 0 Å². The Bertz CT molecular complexity index is 880. The predicted molar refractivity (Wildman–Crippen MR) is 113 cm³/mol. The zero-order chi connectivity index (χ0) is 19.2. The van der Waals surface area contributed by atoms with Crippen molar-refractivity contribution in [1.82, 2.24) is 0 Å². The van der Waals surface area contributed by atoms with E-state index in [1.807, 2.05) is 47.8 Å². The average Bonchev–Trinajstić information content (AvgIpc) is 3.16. The first-order valence-corrected chi connectivity index (χ1v) is 10.1. The topological polar surface area (TPSA) is 38.3 Å².